The van der Waals surface area contributed by atoms with E-state index < -0.39 is 11.6 Å². The Morgan fingerprint density at radius 3 is 2.79 bits per heavy atom. The predicted molar refractivity (Wildman–Crippen MR) is 63.4 cm³/mol. The summed E-state index contributed by atoms with van der Waals surface area (Å²) in [7, 11) is 0. The first kappa shape index (κ1) is 11.9. The first-order chi connectivity index (χ1) is 9.00. The zero-order chi connectivity index (χ0) is 13.6. The molecule has 1 unspecified atom stereocenters. The van der Waals surface area contributed by atoms with Crippen LogP contribution in [0.2, 0.25) is 0 Å². The van der Waals surface area contributed by atoms with Crippen LogP contribution >= 0.6 is 0 Å². The molecule has 0 saturated carbocycles. The summed E-state index contributed by atoms with van der Waals surface area (Å²) < 4.78 is 18.3. The Hall–Kier alpha value is -2.14. The van der Waals surface area contributed by atoms with E-state index in [9.17, 15) is 14.3 Å². The van der Waals surface area contributed by atoms with Crippen LogP contribution in [-0.2, 0) is 12.0 Å². The highest BCUT2D eigenvalue weighted by Gasteiger charge is 2.41. The van der Waals surface area contributed by atoms with Crippen LogP contribution in [0.4, 0.5) is 4.39 Å². The van der Waals surface area contributed by atoms with Crippen molar-refractivity contribution in [3.8, 4) is 0 Å². The number of aromatic carboxylic acids is 1. The number of halogens is 1. The molecule has 1 aliphatic rings. The Morgan fingerprint density at radius 1 is 1.32 bits per heavy atom. The highest BCUT2D eigenvalue weighted by molar-refractivity contribution is 5.84. The molecule has 0 amide bonds. The lowest BCUT2D eigenvalue weighted by molar-refractivity contribution is 0.0518. The summed E-state index contributed by atoms with van der Waals surface area (Å²) >= 11 is 0. The number of aliphatic hydroxyl groups is 1. The second-order valence-electron chi connectivity index (χ2n) is 4.63. The Balaban J connectivity index is 2.08. The number of carboxylic acids is 1. The van der Waals surface area contributed by atoms with Crippen LogP contribution in [0.3, 0.4) is 0 Å². The second kappa shape index (κ2) is 3.93. The molecule has 3 rings (SSSR count). The first-order valence-electron chi connectivity index (χ1n) is 5.85. The summed E-state index contributed by atoms with van der Waals surface area (Å²) in [5, 5.41) is 19.5. The van der Waals surface area contributed by atoms with E-state index in [0.717, 1.165) is 5.56 Å². The number of fused-ring (bicyclic) bond motifs is 1. The van der Waals surface area contributed by atoms with Crippen molar-refractivity contribution < 1.29 is 23.8 Å². The fraction of sp³-hybridized carbons (Fsp3) is 0.214. The van der Waals surface area contributed by atoms with E-state index in [1.165, 1.54) is 30.3 Å². The van der Waals surface area contributed by atoms with Crippen molar-refractivity contribution in [2.24, 2.45) is 0 Å². The van der Waals surface area contributed by atoms with Gasteiger partial charge in [0.2, 0.25) is 5.76 Å². The molecule has 0 bridgehead atoms. The molecular weight excluding hydrogens is 251 g/mol. The van der Waals surface area contributed by atoms with Crippen LogP contribution in [0.15, 0.2) is 34.7 Å². The molecule has 0 saturated heterocycles. The van der Waals surface area contributed by atoms with Gasteiger partial charge in [-0.05, 0) is 48.2 Å². The van der Waals surface area contributed by atoms with Crippen molar-refractivity contribution in [3.63, 3.8) is 0 Å². The van der Waals surface area contributed by atoms with Crippen LogP contribution in [0, 0.1) is 5.82 Å². The van der Waals surface area contributed by atoms with Crippen LogP contribution in [-0.4, -0.2) is 16.2 Å². The molecular formula is C14H11FO4. The van der Waals surface area contributed by atoms with Gasteiger partial charge in [-0.1, -0.05) is 6.07 Å². The molecule has 2 aromatic rings. The summed E-state index contributed by atoms with van der Waals surface area (Å²) in [5.41, 5.74) is -0.0903. The van der Waals surface area contributed by atoms with E-state index in [0.29, 0.717) is 18.4 Å². The molecule has 1 aliphatic carbocycles. The molecule has 1 atom stereocenters. The lowest BCUT2D eigenvalue weighted by Crippen LogP contribution is -2.23. The van der Waals surface area contributed by atoms with Gasteiger partial charge in [-0.2, -0.15) is 0 Å². The van der Waals surface area contributed by atoms with Gasteiger partial charge in [0.1, 0.15) is 17.2 Å². The van der Waals surface area contributed by atoms with E-state index in [4.69, 9.17) is 9.52 Å². The second-order valence-corrected chi connectivity index (χ2v) is 4.63. The maximum Gasteiger partial charge on any atom is 0.371 e. The summed E-state index contributed by atoms with van der Waals surface area (Å²) in [5.74, 6) is -1.59. The van der Waals surface area contributed by atoms with E-state index in [1.807, 2.05) is 0 Å². The summed E-state index contributed by atoms with van der Waals surface area (Å²) in [4.78, 5) is 10.8. The average molecular weight is 262 g/mol. The van der Waals surface area contributed by atoms with E-state index in [2.05, 4.69) is 0 Å². The third-order valence-electron chi connectivity index (χ3n) is 3.49. The van der Waals surface area contributed by atoms with Crippen molar-refractivity contribution >= 4 is 5.97 Å². The number of benzene rings is 1. The maximum atomic E-state index is 13.1. The highest BCUT2D eigenvalue weighted by Crippen LogP contribution is 2.42. The molecule has 1 aromatic heterocycles. The van der Waals surface area contributed by atoms with Gasteiger partial charge in [-0.25, -0.2) is 9.18 Å². The van der Waals surface area contributed by atoms with Gasteiger partial charge in [0.05, 0.1) is 0 Å². The number of carboxylic acid groups (broad SMARTS) is 1. The summed E-state index contributed by atoms with van der Waals surface area (Å²) in [6.07, 6.45) is 0.866. The highest BCUT2D eigenvalue weighted by atomic mass is 19.1. The number of furan rings is 1. The zero-order valence-corrected chi connectivity index (χ0v) is 9.89. The van der Waals surface area contributed by atoms with E-state index >= 15 is 0 Å². The molecule has 1 heterocycles. The van der Waals surface area contributed by atoms with Crippen molar-refractivity contribution in [1.82, 2.24) is 0 Å². The van der Waals surface area contributed by atoms with Crippen molar-refractivity contribution in [3.05, 3.63) is 58.8 Å². The smallest absolute Gasteiger partial charge is 0.371 e. The molecule has 0 spiro atoms. The van der Waals surface area contributed by atoms with Crippen molar-refractivity contribution in [2.75, 3.05) is 0 Å². The molecule has 0 aliphatic heterocycles. The number of aryl methyl sites for hydroxylation is 1. The van der Waals surface area contributed by atoms with Crippen LogP contribution in [0.1, 0.15) is 33.9 Å². The standard InChI is InChI=1S/C14H11FO4/c15-9-1-2-10-8(7-9)5-6-14(10,18)12-4-3-11(19-12)13(16)17/h1-4,7,18H,5-6H2,(H,16,17). The van der Waals surface area contributed by atoms with E-state index in [-0.39, 0.29) is 17.3 Å². The number of carbonyl (C=O) groups is 1. The van der Waals surface area contributed by atoms with Crippen LogP contribution in [0.5, 0.6) is 0 Å². The first-order valence-corrected chi connectivity index (χ1v) is 5.85. The fourth-order valence-corrected chi connectivity index (χ4v) is 2.55. The minimum atomic E-state index is -1.38. The topological polar surface area (TPSA) is 70.7 Å². The van der Waals surface area contributed by atoms with Crippen LogP contribution in [0.25, 0.3) is 0 Å². The summed E-state index contributed by atoms with van der Waals surface area (Å²) in [6.45, 7) is 0. The number of hydrogen-bond donors (Lipinski definition) is 2. The quantitative estimate of drug-likeness (QED) is 0.871. The van der Waals surface area contributed by atoms with E-state index in [1.54, 1.807) is 0 Å². The Morgan fingerprint density at radius 2 is 2.11 bits per heavy atom. The van der Waals surface area contributed by atoms with Gasteiger partial charge in [0.15, 0.2) is 0 Å². The molecule has 98 valence electrons. The lowest BCUT2D eigenvalue weighted by Gasteiger charge is -2.21. The van der Waals surface area contributed by atoms with Gasteiger partial charge < -0.3 is 14.6 Å². The lowest BCUT2D eigenvalue weighted by atomic mass is 9.93. The predicted octanol–water partition coefficient (Wildman–Crippen LogP) is 2.30. The number of hydrogen-bond acceptors (Lipinski definition) is 3. The Bertz CT molecular complexity index is 661. The molecule has 0 radical (unpaired) electrons. The molecule has 19 heavy (non-hydrogen) atoms. The third kappa shape index (κ3) is 1.74. The van der Waals surface area contributed by atoms with Gasteiger partial charge in [0, 0.05) is 0 Å². The van der Waals surface area contributed by atoms with Gasteiger partial charge in [-0.15, -0.1) is 0 Å². The number of rotatable bonds is 2. The van der Waals surface area contributed by atoms with Gasteiger partial charge >= 0.3 is 5.97 Å². The third-order valence-corrected chi connectivity index (χ3v) is 3.49. The molecule has 2 N–H and O–H groups in total. The van der Waals surface area contributed by atoms with Crippen molar-refractivity contribution in [1.29, 1.82) is 0 Å². The Labute approximate surface area is 108 Å². The molecule has 0 fully saturated rings. The molecule has 4 nitrogen and oxygen atoms in total. The minimum Gasteiger partial charge on any atom is -0.475 e. The fourth-order valence-electron chi connectivity index (χ4n) is 2.55. The molecule has 5 heteroatoms. The van der Waals surface area contributed by atoms with Gasteiger partial charge in [-0.3, -0.25) is 0 Å². The zero-order valence-electron chi connectivity index (χ0n) is 9.89. The largest absolute Gasteiger partial charge is 0.475 e. The monoisotopic (exact) mass is 262 g/mol. The van der Waals surface area contributed by atoms with Crippen LogP contribution < -0.4 is 0 Å². The minimum absolute atomic E-state index is 0.176. The summed E-state index contributed by atoms with van der Waals surface area (Å²) in [6, 6.07) is 6.92. The van der Waals surface area contributed by atoms with Gasteiger partial charge in [0.25, 0.3) is 0 Å². The van der Waals surface area contributed by atoms with Crippen molar-refractivity contribution in [2.45, 2.75) is 18.4 Å². The Kier molecular flexibility index (Phi) is 2.46. The SMILES string of the molecule is O=C(O)c1ccc(C2(O)CCc3cc(F)ccc32)o1. The average Bonchev–Trinajstić information content (AvgIpc) is 2.96. The maximum absolute atomic E-state index is 13.1. The molecule has 1 aromatic carbocycles. The normalized spacial score (nSPS) is 21.4.